The molecular weight excluding hydrogens is 512 g/mol. The second-order valence-electron chi connectivity index (χ2n) is 8.43. The molecule has 0 bridgehead atoms. The Hall–Kier alpha value is -4.39. The number of hydrogen-bond acceptors (Lipinski definition) is 3. The van der Waals surface area contributed by atoms with Crippen molar-refractivity contribution in [2.24, 2.45) is 4.99 Å². The number of alkyl halides is 3. The largest absolute Gasteiger partial charge is 0.679 e. The van der Waals surface area contributed by atoms with Crippen LogP contribution in [0.3, 0.4) is 0 Å². The minimum absolute atomic E-state index is 0.0275. The predicted octanol–water partition coefficient (Wildman–Crippen LogP) is 7.00. The number of rotatable bonds is 7. The van der Waals surface area contributed by atoms with Crippen LogP contribution in [0.15, 0.2) is 83.9 Å². The van der Waals surface area contributed by atoms with Crippen LogP contribution in [0.25, 0.3) is 11.4 Å². The van der Waals surface area contributed by atoms with Crippen LogP contribution in [-0.4, -0.2) is 36.2 Å². The molecule has 0 aliphatic heterocycles. The fourth-order valence-corrected chi connectivity index (χ4v) is 3.88. The molecule has 0 amide bonds. The molecule has 0 fully saturated rings. The van der Waals surface area contributed by atoms with Crippen LogP contribution in [0.4, 0.5) is 21.8 Å². The number of methoxy groups -OCH3 is 1. The summed E-state index contributed by atoms with van der Waals surface area (Å²) in [7, 11) is -1.49. The van der Waals surface area contributed by atoms with Crippen LogP contribution in [-0.2, 0) is 6.18 Å². The Bertz CT molecular complexity index is 1500. The lowest BCUT2D eigenvalue weighted by atomic mass is 10.0. The molecule has 1 aromatic heterocycles. The van der Waals surface area contributed by atoms with Gasteiger partial charge in [-0.2, -0.15) is 13.2 Å². The summed E-state index contributed by atoms with van der Waals surface area (Å²) < 4.78 is 74.9. The summed E-state index contributed by atoms with van der Waals surface area (Å²) >= 11 is 0. The fourth-order valence-electron chi connectivity index (χ4n) is 3.88. The molecular formula is C29H23BF5N3O. The van der Waals surface area contributed by atoms with E-state index >= 15 is 0 Å². The van der Waals surface area contributed by atoms with Crippen LogP contribution in [0.5, 0.6) is 5.75 Å². The molecule has 3 aromatic carbocycles. The van der Waals surface area contributed by atoms with Crippen LogP contribution < -0.4 is 4.74 Å². The molecule has 39 heavy (non-hydrogen) atoms. The van der Waals surface area contributed by atoms with E-state index in [2.05, 4.69) is 21.8 Å². The molecule has 4 aromatic rings. The molecule has 0 aliphatic rings. The third kappa shape index (κ3) is 6.37. The van der Waals surface area contributed by atoms with Gasteiger partial charge in [-0.3, -0.25) is 13.6 Å². The molecule has 4 rings (SSSR count). The Morgan fingerprint density at radius 2 is 1.62 bits per heavy atom. The van der Waals surface area contributed by atoms with Crippen LogP contribution >= 0.6 is 0 Å². The van der Waals surface area contributed by atoms with Gasteiger partial charge in [-0.05, 0) is 48.7 Å². The van der Waals surface area contributed by atoms with Crippen LogP contribution in [0.1, 0.15) is 41.4 Å². The monoisotopic (exact) mass is 535 g/mol. The minimum Gasteiger partial charge on any atom is -0.497 e. The van der Waals surface area contributed by atoms with Crippen molar-refractivity contribution in [3.63, 3.8) is 0 Å². The number of ether oxygens (including phenoxy) is 1. The van der Waals surface area contributed by atoms with Gasteiger partial charge in [0.2, 0.25) is 0 Å². The summed E-state index contributed by atoms with van der Waals surface area (Å²) in [5.41, 5.74) is 0.450. The number of aliphatic imine (C=N–C) groups is 1. The van der Waals surface area contributed by atoms with Gasteiger partial charge >= 0.3 is 13.6 Å². The van der Waals surface area contributed by atoms with Crippen molar-refractivity contribution in [2.45, 2.75) is 19.5 Å². The highest BCUT2D eigenvalue weighted by atomic mass is 19.4. The van der Waals surface area contributed by atoms with E-state index in [-0.39, 0.29) is 35.0 Å². The highest BCUT2D eigenvalue weighted by Crippen LogP contribution is 2.31. The summed E-state index contributed by atoms with van der Waals surface area (Å²) in [5, 5.41) is 0. The standard InChI is InChI=1S/C29H23BF5N3O/c1-3-19-36-26(21-12-14-23(15-13-21)29(31,32)33)27-25(18-11-20-9-16-24(39-2)17-10-20)37-28(38(27)30(34)35)22-7-5-4-6-8-22/h4-10,12-17H,3,19H2,1-2H3. The zero-order valence-corrected chi connectivity index (χ0v) is 21.1. The summed E-state index contributed by atoms with van der Waals surface area (Å²) in [6, 6.07) is 19.6. The van der Waals surface area contributed by atoms with Gasteiger partial charge in [-0.15, -0.1) is 0 Å². The zero-order chi connectivity index (χ0) is 28.0. The van der Waals surface area contributed by atoms with E-state index in [4.69, 9.17) is 4.74 Å². The van der Waals surface area contributed by atoms with Crippen molar-refractivity contribution < 1.29 is 26.5 Å². The van der Waals surface area contributed by atoms with Gasteiger partial charge < -0.3 is 9.21 Å². The summed E-state index contributed by atoms with van der Waals surface area (Å²) in [6.07, 6.45) is -3.95. The lowest BCUT2D eigenvalue weighted by molar-refractivity contribution is -0.137. The molecule has 0 spiro atoms. The number of nitrogens with zero attached hydrogens (tertiary/aromatic N) is 3. The first-order valence-electron chi connectivity index (χ1n) is 12.1. The maximum Gasteiger partial charge on any atom is 0.679 e. The SMILES string of the molecule is CCCN=C(c1ccc(C(F)(F)F)cc1)c1c(C#Cc2ccc(OC)cc2)nc(-c2ccccc2)n1B(F)F. The Morgan fingerprint density at radius 1 is 0.949 bits per heavy atom. The molecule has 10 heteroatoms. The molecule has 0 atom stereocenters. The van der Waals surface area contributed by atoms with Gasteiger partial charge in [0.05, 0.1) is 24.1 Å². The normalized spacial score (nSPS) is 11.6. The second-order valence-corrected chi connectivity index (χ2v) is 8.43. The van der Waals surface area contributed by atoms with Gasteiger partial charge in [-0.25, -0.2) is 4.98 Å². The molecule has 4 nitrogen and oxygen atoms in total. The van der Waals surface area contributed by atoms with E-state index in [0.717, 1.165) is 16.6 Å². The maximum atomic E-state index is 14.7. The second kappa shape index (κ2) is 12.0. The third-order valence-electron chi connectivity index (χ3n) is 5.76. The van der Waals surface area contributed by atoms with Crippen molar-refractivity contribution in [1.29, 1.82) is 0 Å². The van der Waals surface area contributed by atoms with E-state index in [1.54, 1.807) is 54.6 Å². The lowest BCUT2D eigenvalue weighted by Gasteiger charge is -2.13. The first-order chi connectivity index (χ1) is 18.7. The average molecular weight is 535 g/mol. The van der Waals surface area contributed by atoms with Gasteiger partial charge in [0.1, 0.15) is 17.3 Å². The molecule has 0 unspecified atom stereocenters. The van der Waals surface area contributed by atoms with E-state index < -0.39 is 19.1 Å². The number of imidazole rings is 1. The predicted molar refractivity (Wildman–Crippen MR) is 142 cm³/mol. The summed E-state index contributed by atoms with van der Waals surface area (Å²) in [5.74, 6) is 6.44. The van der Waals surface area contributed by atoms with Gasteiger partial charge in [0, 0.05) is 23.2 Å². The number of benzene rings is 3. The molecule has 0 N–H and O–H groups in total. The Kier molecular flexibility index (Phi) is 8.50. The molecule has 0 saturated heterocycles. The van der Waals surface area contributed by atoms with E-state index in [1.807, 2.05) is 6.92 Å². The van der Waals surface area contributed by atoms with Crippen molar-refractivity contribution in [1.82, 2.24) is 9.46 Å². The number of hydrogen-bond donors (Lipinski definition) is 0. The Labute approximate surface area is 223 Å². The van der Waals surface area contributed by atoms with E-state index in [1.165, 1.54) is 19.2 Å². The zero-order valence-electron chi connectivity index (χ0n) is 21.1. The molecule has 0 saturated carbocycles. The van der Waals surface area contributed by atoms with Gasteiger partial charge in [0.25, 0.3) is 0 Å². The smallest absolute Gasteiger partial charge is 0.497 e. The average Bonchev–Trinajstić information content (AvgIpc) is 3.32. The van der Waals surface area contributed by atoms with E-state index in [9.17, 15) is 21.8 Å². The first-order valence-corrected chi connectivity index (χ1v) is 12.1. The lowest BCUT2D eigenvalue weighted by Crippen LogP contribution is -2.22. The van der Waals surface area contributed by atoms with Crippen molar-refractivity contribution >= 4 is 13.1 Å². The third-order valence-corrected chi connectivity index (χ3v) is 5.76. The number of aromatic nitrogens is 2. The fraction of sp³-hybridized carbons (Fsp3) is 0.172. The molecule has 1 heterocycles. The molecule has 0 aliphatic carbocycles. The first kappa shape index (κ1) is 27.6. The van der Waals surface area contributed by atoms with Crippen LogP contribution in [0.2, 0.25) is 0 Å². The minimum atomic E-state index is -4.54. The van der Waals surface area contributed by atoms with Crippen LogP contribution in [0, 0.1) is 11.8 Å². The Morgan fingerprint density at radius 3 is 2.18 bits per heavy atom. The van der Waals surface area contributed by atoms with Crippen molar-refractivity contribution in [2.75, 3.05) is 13.7 Å². The maximum absolute atomic E-state index is 14.7. The van der Waals surface area contributed by atoms with E-state index in [0.29, 0.717) is 23.3 Å². The highest BCUT2D eigenvalue weighted by molar-refractivity contribution is 6.43. The van der Waals surface area contributed by atoms with Gasteiger partial charge in [0.15, 0.2) is 0 Å². The highest BCUT2D eigenvalue weighted by Gasteiger charge is 2.33. The number of halogens is 5. The van der Waals surface area contributed by atoms with Crippen molar-refractivity contribution in [3.05, 3.63) is 107 Å². The summed E-state index contributed by atoms with van der Waals surface area (Å²) in [6.45, 7) is 2.12. The molecule has 198 valence electrons. The summed E-state index contributed by atoms with van der Waals surface area (Å²) in [4.78, 5) is 9.01. The quantitative estimate of drug-likeness (QED) is 0.111. The van der Waals surface area contributed by atoms with Crippen molar-refractivity contribution in [3.8, 4) is 29.0 Å². The Balaban J connectivity index is 1.96. The topological polar surface area (TPSA) is 39.4 Å². The van der Waals surface area contributed by atoms with Gasteiger partial charge in [-0.1, -0.05) is 55.3 Å². The molecule has 0 radical (unpaired) electrons.